The van der Waals surface area contributed by atoms with E-state index in [0.717, 1.165) is 41.5 Å². The number of nitriles is 1. The molecule has 2 aromatic carbocycles. The van der Waals surface area contributed by atoms with Crippen LogP contribution in [0.15, 0.2) is 67.1 Å². The highest BCUT2D eigenvalue weighted by atomic mass is 19.1. The number of piperazine rings is 1. The third-order valence-corrected chi connectivity index (χ3v) is 6.46. The summed E-state index contributed by atoms with van der Waals surface area (Å²) >= 11 is 0. The molecule has 6 nitrogen and oxygen atoms in total. The van der Waals surface area contributed by atoms with Crippen molar-refractivity contribution in [3.63, 3.8) is 0 Å². The number of pyridine rings is 1. The third-order valence-electron chi connectivity index (χ3n) is 6.46. The van der Waals surface area contributed by atoms with Gasteiger partial charge >= 0.3 is 0 Å². The molecule has 0 saturated carbocycles. The first kappa shape index (κ1) is 18.7. The predicted molar refractivity (Wildman–Crippen MR) is 121 cm³/mol. The van der Waals surface area contributed by atoms with Crippen LogP contribution in [0, 0.1) is 17.1 Å². The second-order valence-corrected chi connectivity index (χ2v) is 8.27. The Morgan fingerprint density at radius 2 is 1.84 bits per heavy atom. The summed E-state index contributed by atoms with van der Waals surface area (Å²) in [5.74, 6) is 1.05. The number of nitrogens with zero attached hydrogens (tertiary/aromatic N) is 6. The van der Waals surface area contributed by atoms with E-state index in [1.807, 2.05) is 36.5 Å². The summed E-state index contributed by atoms with van der Waals surface area (Å²) in [6, 6.07) is 17.4. The first-order valence-electron chi connectivity index (χ1n) is 10.6. The fourth-order valence-corrected chi connectivity index (χ4v) is 5.02. The number of rotatable bonds is 3. The van der Waals surface area contributed by atoms with Gasteiger partial charge in [0.25, 0.3) is 0 Å². The van der Waals surface area contributed by atoms with Gasteiger partial charge in [-0.05, 0) is 36.1 Å². The molecule has 156 valence electrons. The van der Waals surface area contributed by atoms with E-state index in [4.69, 9.17) is 4.98 Å². The predicted octanol–water partition coefficient (Wildman–Crippen LogP) is 4.17. The van der Waals surface area contributed by atoms with E-state index in [2.05, 4.69) is 25.8 Å². The standard InChI is InChI=1S/C25H19FN6/c26-18-4-2-5-19(9-18)31-14-21-10-20(31)15-32(21)25-17(11-27)13-29-24(30-25)23-6-1-3-16-12-28-8-7-22(16)23/h1-9,12-13,20-21H,10,14-15H2/t20-,21-/m0/s1. The fourth-order valence-electron chi connectivity index (χ4n) is 5.02. The van der Waals surface area contributed by atoms with E-state index in [1.54, 1.807) is 24.5 Å². The summed E-state index contributed by atoms with van der Waals surface area (Å²) in [5, 5.41) is 11.8. The molecule has 0 radical (unpaired) electrons. The first-order chi connectivity index (χ1) is 15.7. The molecule has 0 aliphatic carbocycles. The van der Waals surface area contributed by atoms with Crippen LogP contribution >= 0.6 is 0 Å². The topological polar surface area (TPSA) is 68.9 Å². The van der Waals surface area contributed by atoms with Gasteiger partial charge in [-0.15, -0.1) is 0 Å². The van der Waals surface area contributed by atoms with Gasteiger partial charge in [0, 0.05) is 48.2 Å². The lowest BCUT2D eigenvalue weighted by Gasteiger charge is -2.36. The molecule has 4 aromatic rings. The van der Waals surface area contributed by atoms with Crippen LogP contribution in [0.1, 0.15) is 12.0 Å². The third kappa shape index (κ3) is 2.95. The summed E-state index contributed by atoms with van der Waals surface area (Å²) < 4.78 is 13.7. The molecule has 2 bridgehead atoms. The van der Waals surface area contributed by atoms with Gasteiger partial charge in [0.2, 0.25) is 0 Å². The van der Waals surface area contributed by atoms with Crippen LogP contribution in [0.4, 0.5) is 15.9 Å². The first-order valence-corrected chi connectivity index (χ1v) is 10.6. The van der Waals surface area contributed by atoms with Gasteiger partial charge in [-0.2, -0.15) is 5.26 Å². The molecule has 2 fully saturated rings. The minimum Gasteiger partial charge on any atom is -0.365 e. The number of benzene rings is 2. The number of hydrogen-bond acceptors (Lipinski definition) is 6. The molecule has 7 heteroatoms. The van der Waals surface area contributed by atoms with E-state index >= 15 is 0 Å². The van der Waals surface area contributed by atoms with Crippen LogP contribution < -0.4 is 9.80 Å². The Labute approximate surface area is 184 Å². The Balaban J connectivity index is 1.36. The highest BCUT2D eigenvalue weighted by Gasteiger charge is 2.44. The molecule has 2 saturated heterocycles. The molecule has 32 heavy (non-hydrogen) atoms. The zero-order valence-electron chi connectivity index (χ0n) is 17.2. The van der Waals surface area contributed by atoms with Crippen molar-refractivity contribution in [1.29, 1.82) is 5.26 Å². The average molecular weight is 422 g/mol. The van der Waals surface area contributed by atoms with Crippen LogP contribution in [-0.2, 0) is 0 Å². The molecule has 2 atom stereocenters. The van der Waals surface area contributed by atoms with E-state index < -0.39 is 0 Å². The lowest BCUT2D eigenvalue weighted by molar-refractivity contribution is 0.617. The highest BCUT2D eigenvalue weighted by Crippen LogP contribution is 2.38. The Hall–Kier alpha value is -4.05. The summed E-state index contributed by atoms with van der Waals surface area (Å²) in [6.45, 7) is 1.52. The lowest BCUT2D eigenvalue weighted by Crippen LogP contribution is -2.47. The van der Waals surface area contributed by atoms with Crippen LogP contribution in [0.25, 0.3) is 22.2 Å². The van der Waals surface area contributed by atoms with Gasteiger partial charge in [-0.1, -0.05) is 24.3 Å². The van der Waals surface area contributed by atoms with Crippen molar-refractivity contribution in [1.82, 2.24) is 15.0 Å². The SMILES string of the molecule is N#Cc1cnc(-c2cccc3cnccc23)nc1N1C[C@@H]2C[C@H]1CN2c1cccc(F)c1. The maximum atomic E-state index is 13.7. The monoisotopic (exact) mass is 422 g/mol. The number of hydrogen-bond donors (Lipinski definition) is 0. The Morgan fingerprint density at radius 1 is 1.00 bits per heavy atom. The molecular formula is C25H19FN6. The van der Waals surface area contributed by atoms with Crippen molar-refractivity contribution in [3.8, 4) is 17.5 Å². The lowest BCUT2D eigenvalue weighted by atomic mass is 10.1. The summed E-state index contributed by atoms with van der Waals surface area (Å²) in [5.41, 5.74) is 2.30. The number of halogens is 1. The van der Waals surface area contributed by atoms with Crippen molar-refractivity contribution in [2.24, 2.45) is 0 Å². The smallest absolute Gasteiger partial charge is 0.162 e. The molecule has 4 heterocycles. The van der Waals surface area contributed by atoms with E-state index in [0.29, 0.717) is 17.2 Å². The Morgan fingerprint density at radius 3 is 2.66 bits per heavy atom. The van der Waals surface area contributed by atoms with Crippen LogP contribution in [-0.4, -0.2) is 40.1 Å². The maximum Gasteiger partial charge on any atom is 0.162 e. The van der Waals surface area contributed by atoms with Gasteiger partial charge in [-0.3, -0.25) is 4.98 Å². The van der Waals surface area contributed by atoms with Gasteiger partial charge < -0.3 is 9.80 Å². The van der Waals surface area contributed by atoms with Crippen molar-refractivity contribution in [3.05, 3.63) is 78.5 Å². The number of fused-ring (bicyclic) bond motifs is 3. The minimum atomic E-state index is -0.223. The van der Waals surface area contributed by atoms with Crippen molar-refractivity contribution < 1.29 is 4.39 Å². The van der Waals surface area contributed by atoms with Gasteiger partial charge in [0.05, 0.1) is 12.2 Å². The zero-order chi connectivity index (χ0) is 21.7. The van der Waals surface area contributed by atoms with Crippen LogP contribution in [0.2, 0.25) is 0 Å². The summed E-state index contributed by atoms with van der Waals surface area (Å²) in [6.07, 6.45) is 6.16. The largest absolute Gasteiger partial charge is 0.365 e. The van der Waals surface area contributed by atoms with Crippen LogP contribution in [0.5, 0.6) is 0 Å². The van der Waals surface area contributed by atoms with E-state index in [-0.39, 0.29) is 17.9 Å². The Kier molecular flexibility index (Phi) is 4.25. The van der Waals surface area contributed by atoms with E-state index in [1.165, 1.54) is 6.07 Å². The molecule has 0 N–H and O–H groups in total. The molecule has 0 unspecified atom stereocenters. The summed E-state index contributed by atoms with van der Waals surface area (Å²) in [4.78, 5) is 18.1. The quantitative estimate of drug-likeness (QED) is 0.494. The average Bonchev–Trinajstić information content (AvgIpc) is 3.45. The normalized spacial score (nSPS) is 19.5. The van der Waals surface area contributed by atoms with Crippen LogP contribution in [0.3, 0.4) is 0 Å². The van der Waals surface area contributed by atoms with Crippen molar-refractivity contribution in [2.45, 2.75) is 18.5 Å². The maximum absolute atomic E-state index is 13.7. The second kappa shape index (κ2) is 7.27. The second-order valence-electron chi connectivity index (χ2n) is 8.27. The van der Waals surface area contributed by atoms with Gasteiger partial charge in [0.15, 0.2) is 11.6 Å². The van der Waals surface area contributed by atoms with E-state index in [9.17, 15) is 9.65 Å². The van der Waals surface area contributed by atoms with Gasteiger partial charge in [-0.25, -0.2) is 14.4 Å². The molecule has 6 rings (SSSR count). The molecule has 0 amide bonds. The number of anilines is 2. The van der Waals surface area contributed by atoms with Crippen molar-refractivity contribution >= 4 is 22.3 Å². The van der Waals surface area contributed by atoms with Gasteiger partial charge in [0.1, 0.15) is 17.4 Å². The minimum absolute atomic E-state index is 0.217. The Bertz CT molecular complexity index is 1380. The molecule has 0 spiro atoms. The number of aromatic nitrogens is 3. The zero-order valence-corrected chi connectivity index (χ0v) is 17.2. The molecular weight excluding hydrogens is 403 g/mol. The summed E-state index contributed by atoms with van der Waals surface area (Å²) in [7, 11) is 0. The molecule has 2 aliphatic heterocycles. The fraction of sp³-hybridized carbons (Fsp3) is 0.200. The molecule has 2 aliphatic rings. The molecule has 2 aromatic heterocycles. The highest BCUT2D eigenvalue weighted by molar-refractivity contribution is 5.94. The van der Waals surface area contributed by atoms with Crippen molar-refractivity contribution in [2.75, 3.05) is 22.9 Å².